The Labute approximate surface area is 224 Å². The van der Waals surface area contributed by atoms with Gasteiger partial charge in [-0.25, -0.2) is 13.1 Å². The largest absolute Gasteiger partial charge is 0.401 e. The molecule has 204 valence electrons. The first-order chi connectivity index (χ1) is 17.2. The van der Waals surface area contributed by atoms with Crippen molar-refractivity contribution in [1.82, 2.24) is 4.72 Å². The van der Waals surface area contributed by atoms with E-state index in [1.807, 2.05) is 44.2 Å². The Balaban J connectivity index is 2.43. The van der Waals surface area contributed by atoms with Crippen LogP contribution in [0.15, 0.2) is 71.6 Å². The van der Waals surface area contributed by atoms with Crippen molar-refractivity contribution in [2.45, 2.75) is 89.1 Å². The Morgan fingerprint density at radius 1 is 0.865 bits per heavy atom. The zero-order chi connectivity index (χ0) is 28.0. The molecular weight excluding hydrogens is 502 g/mol. The van der Waals surface area contributed by atoms with Crippen molar-refractivity contribution in [3.8, 4) is 0 Å². The van der Waals surface area contributed by atoms with E-state index in [4.69, 9.17) is 4.43 Å². The van der Waals surface area contributed by atoms with Crippen LogP contribution in [0.1, 0.15) is 65.7 Å². The van der Waals surface area contributed by atoms with Gasteiger partial charge >= 0.3 is 0 Å². The first-order valence-electron chi connectivity index (χ1n) is 12.9. The van der Waals surface area contributed by atoms with Gasteiger partial charge in [-0.2, -0.15) is 0 Å². The SMILES string of the molecule is Cc1ccc(S(=O)(=O)NC(=O)[C@@H](/C=C\[C@H](C)[C@H](O)c2ccccc2)O[Si](C(C)C)(C(C)C)C(C)C)cc1. The summed E-state index contributed by atoms with van der Waals surface area (Å²) in [5.41, 5.74) is 2.26. The third kappa shape index (κ3) is 7.63. The summed E-state index contributed by atoms with van der Waals surface area (Å²) >= 11 is 0. The summed E-state index contributed by atoms with van der Waals surface area (Å²) in [6.45, 7) is 16.4. The second-order valence-corrected chi connectivity index (χ2v) is 17.8. The maximum Gasteiger partial charge on any atom is 0.265 e. The van der Waals surface area contributed by atoms with E-state index in [2.05, 4.69) is 46.3 Å². The van der Waals surface area contributed by atoms with Crippen LogP contribution in [0, 0.1) is 12.8 Å². The van der Waals surface area contributed by atoms with Gasteiger partial charge in [0.15, 0.2) is 0 Å². The minimum Gasteiger partial charge on any atom is -0.401 e. The molecule has 0 radical (unpaired) electrons. The maximum absolute atomic E-state index is 13.5. The van der Waals surface area contributed by atoms with Crippen LogP contribution in [0.25, 0.3) is 0 Å². The van der Waals surface area contributed by atoms with Crippen LogP contribution < -0.4 is 4.72 Å². The molecule has 0 aliphatic heterocycles. The van der Waals surface area contributed by atoms with Crippen molar-refractivity contribution in [3.05, 3.63) is 77.9 Å². The maximum atomic E-state index is 13.5. The second-order valence-electron chi connectivity index (χ2n) is 10.7. The van der Waals surface area contributed by atoms with Gasteiger partial charge in [0, 0.05) is 5.92 Å². The lowest BCUT2D eigenvalue weighted by Gasteiger charge is -2.43. The predicted molar refractivity (Wildman–Crippen MR) is 152 cm³/mol. The van der Waals surface area contributed by atoms with Gasteiger partial charge in [0.1, 0.15) is 6.10 Å². The highest BCUT2D eigenvalue weighted by molar-refractivity contribution is 7.90. The number of hydrogen-bond acceptors (Lipinski definition) is 5. The Kier molecular flexibility index (Phi) is 10.9. The lowest BCUT2D eigenvalue weighted by Crippen LogP contribution is -2.53. The van der Waals surface area contributed by atoms with E-state index in [0.29, 0.717) is 0 Å². The number of aliphatic hydroxyl groups is 1. The molecule has 6 nitrogen and oxygen atoms in total. The van der Waals surface area contributed by atoms with E-state index in [9.17, 15) is 18.3 Å². The molecule has 0 fully saturated rings. The van der Waals surface area contributed by atoms with E-state index in [1.54, 1.807) is 24.3 Å². The Hall–Kier alpha value is -2.26. The minimum absolute atomic E-state index is 0.0159. The zero-order valence-electron chi connectivity index (χ0n) is 23.3. The Bertz CT molecular complexity index is 1120. The van der Waals surface area contributed by atoms with Crippen molar-refractivity contribution in [3.63, 3.8) is 0 Å². The number of hydrogen-bond donors (Lipinski definition) is 2. The van der Waals surface area contributed by atoms with Gasteiger partial charge in [-0.05, 0) is 41.2 Å². The fourth-order valence-electron chi connectivity index (χ4n) is 5.11. The average molecular weight is 546 g/mol. The summed E-state index contributed by atoms with van der Waals surface area (Å²) in [5.74, 6) is -1.07. The molecule has 2 N–H and O–H groups in total. The molecule has 8 heteroatoms. The Morgan fingerprint density at radius 2 is 1.38 bits per heavy atom. The van der Waals surface area contributed by atoms with Crippen molar-refractivity contribution < 1.29 is 22.7 Å². The molecule has 0 spiro atoms. The summed E-state index contributed by atoms with van der Waals surface area (Å²) in [6.07, 6.45) is 1.44. The third-order valence-corrected chi connectivity index (χ3v) is 14.5. The fourth-order valence-corrected chi connectivity index (χ4v) is 11.5. The molecule has 3 atom stereocenters. The molecule has 37 heavy (non-hydrogen) atoms. The topological polar surface area (TPSA) is 92.7 Å². The average Bonchev–Trinajstić information content (AvgIpc) is 2.83. The standard InChI is InChI=1S/C29H43NO5SSi/c1-20(2)37(21(3)4,22(5)6)35-27(19-16-24(8)28(31)25-12-10-9-11-13-25)29(32)30-36(33,34)26-17-14-23(7)15-18-26/h9-22,24,27-28,31H,1-8H3,(H,30,32)/b19-16-/t24-,27+,28-/m0/s1. The minimum atomic E-state index is -4.08. The molecule has 0 unspecified atom stereocenters. The van der Waals surface area contributed by atoms with Gasteiger partial charge in [0.2, 0.25) is 8.32 Å². The van der Waals surface area contributed by atoms with E-state index >= 15 is 0 Å². The van der Waals surface area contributed by atoms with Crippen LogP contribution >= 0.6 is 0 Å². The first kappa shape index (κ1) is 31.0. The molecule has 2 rings (SSSR count). The highest BCUT2D eigenvalue weighted by Crippen LogP contribution is 2.43. The van der Waals surface area contributed by atoms with Crippen LogP contribution in [-0.2, 0) is 19.2 Å². The van der Waals surface area contributed by atoms with E-state index in [0.717, 1.165) is 11.1 Å². The lowest BCUT2D eigenvalue weighted by molar-refractivity contribution is -0.124. The number of amides is 1. The predicted octanol–water partition coefficient (Wildman–Crippen LogP) is 6.29. The molecule has 0 aliphatic rings. The molecule has 0 saturated heterocycles. The number of carbonyl (C=O) groups excluding carboxylic acids is 1. The highest BCUT2D eigenvalue weighted by Gasteiger charge is 2.47. The van der Waals surface area contributed by atoms with Gasteiger partial charge < -0.3 is 9.53 Å². The van der Waals surface area contributed by atoms with Crippen LogP contribution in [0.5, 0.6) is 0 Å². The van der Waals surface area contributed by atoms with Crippen LogP contribution in [0.4, 0.5) is 0 Å². The normalized spacial score (nSPS) is 15.4. The Morgan fingerprint density at radius 3 is 1.86 bits per heavy atom. The van der Waals surface area contributed by atoms with E-state index in [1.165, 1.54) is 12.1 Å². The van der Waals surface area contributed by atoms with Gasteiger partial charge in [-0.15, -0.1) is 0 Å². The van der Waals surface area contributed by atoms with Crippen molar-refractivity contribution in [2.75, 3.05) is 0 Å². The molecule has 0 aromatic heterocycles. The number of nitrogens with one attached hydrogen (secondary N) is 1. The molecule has 0 heterocycles. The fraction of sp³-hybridized carbons (Fsp3) is 0.483. The van der Waals surface area contributed by atoms with Crippen LogP contribution in [0.3, 0.4) is 0 Å². The van der Waals surface area contributed by atoms with Crippen molar-refractivity contribution in [1.29, 1.82) is 0 Å². The number of sulfonamides is 1. The van der Waals surface area contributed by atoms with Gasteiger partial charge in [0.25, 0.3) is 15.9 Å². The highest BCUT2D eigenvalue weighted by atomic mass is 32.2. The summed E-state index contributed by atoms with van der Waals surface area (Å²) in [7, 11) is -6.63. The molecule has 2 aromatic carbocycles. The molecular formula is C29H43NO5SSi. The number of benzene rings is 2. The van der Waals surface area contributed by atoms with Crippen LogP contribution in [0.2, 0.25) is 16.6 Å². The van der Waals surface area contributed by atoms with Crippen LogP contribution in [-0.4, -0.2) is 33.9 Å². The molecule has 1 amide bonds. The number of aryl methyl sites for hydroxylation is 1. The quantitative estimate of drug-likeness (QED) is 0.242. The zero-order valence-corrected chi connectivity index (χ0v) is 25.1. The molecule has 0 aliphatic carbocycles. The lowest BCUT2D eigenvalue weighted by atomic mass is 9.96. The molecule has 2 aromatic rings. The van der Waals surface area contributed by atoms with E-state index in [-0.39, 0.29) is 27.4 Å². The van der Waals surface area contributed by atoms with Gasteiger partial charge in [0.05, 0.1) is 11.0 Å². The smallest absolute Gasteiger partial charge is 0.265 e. The summed E-state index contributed by atoms with van der Waals surface area (Å²) in [5, 5.41) is 10.8. The van der Waals surface area contributed by atoms with Crippen molar-refractivity contribution in [2.24, 2.45) is 5.92 Å². The van der Waals surface area contributed by atoms with Gasteiger partial charge in [-0.3, -0.25) is 4.79 Å². The third-order valence-electron chi connectivity index (χ3n) is 7.09. The van der Waals surface area contributed by atoms with E-state index < -0.39 is 36.5 Å². The summed E-state index contributed by atoms with van der Waals surface area (Å²) in [6, 6.07) is 15.6. The van der Waals surface area contributed by atoms with Crippen molar-refractivity contribution >= 4 is 24.2 Å². The second kappa shape index (κ2) is 13.0. The number of rotatable bonds is 12. The number of aliphatic hydroxyl groups excluding tert-OH is 1. The number of carbonyl (C=O) groups is 1. The molecule has 0 bridgehead atoms. The van der Waals surface area contributed by atoms with Gasteiger partial charge in [-0.1, -0.05) is 109 Å². The summed E-state index contributed by atoms with van der Waals surface area (Å²) in [4.78, 5) is 13.5. The monoisotopic (exact) mass is 545 g/mol. The summed E-state index contributed by atoms with van der Waals surface area (Å²) < 4.78 is 35.0. The first-order valence-corrected chi connectivity index (χ1v) is 16.6. The molecule has 0 saturated carbocycles.